The first-order valence-corrected chi connectivity index (χ1v) is 15.0. The van der Waals surface area contributed by atoms with E-state index in [-0.39, 0.29) is 16.4 Å². The molecule has 1 aromatic rings. The van der Waals surface area contributed by atoms with Crippen LogP contribution in [0.15, 0.2) is 18.2 Å². The van der Waals surface area contributed by atoms with Gasteiger partial charge >= 0.3 is 0 Å². The van der Waals surface area contributed by atoms with Crippen LogP contribution < -0.4 is 4.74 Å². The van der Waals surface area contributed by atoms with Gasteiger partial charge in [0.2, 0.25) is 5.91 Å². The Kier molecular flexibility index (Phi) is 9.63. The Morgan fingerprint density at radius 3 is 2.70 bits per heavy atom. The summed E-state index contributed by atoms with van der Waals surface area (Å²) in [4.78, 5) is 28.4. The maximum atomic E-state index is 13.2. The number of carbonyl (C=O) groups excluding carboxylic acids is 2. The molecule has 3 aliphatic carbocycles. The van der Waals surface area contributed by atoms with E-state index in [1.165, 1.54) is 48.6 Å². The molecule has 2 saturated carbocycles. The third-order valence-corrected chi connectivity index (χ3v) is 10.4. The van der Waals surface area contributed by atoms with E-state index in [1.54, 1.807) is 14.0 Å². The molecular formula is C30H46N2O4S. The molecule has 0 bridgehead atoms. The molecule has 1 amide bonds. The Morgan fingerprint density at radius 1 is 1.14 bits per heavy atom. The normalized spacial score (nSPS) is 28.4. The summed E-state index contributed by atoms with van der Waals surface area (Å²) in [5.74, 6) is 4.02. The van der Waals surface area contributed by atoms with E-state index >= 15 is 0 Å². The van der Waals surface area contributed by atoms with Crippen molar-refractivity contribution in [1.82, 2.24) is 9.80 Å². The van der Waals surface area contributed by atoms with Crippen LogP contribution in [0.5, 0.6) is 5.75 Å². The number of amides is 1. The maximum absolute atomic E-state index is 13.2. The second kappa shape index (κ2) is 12.5. The standard InChI is InChI=1S/C30H46N2O4S/c1-21(33)37-18-6-16-36-23-8-10-24-22(19-23)7-9-26-25(24)13-14-30(2)27(26)11-12-28(30)32(4)29(34)20-31(3)15-17-35-5/h8,10,19,25-28H,6-7,9,11-18,20H2,1-5H3/t25?,26?,27?,28-,30-/m0/s1. The molecular weight excluding hydrogens is 484 g/mol. The van der Waals surface area contributed by atoms with Gasteiger partial charge in [0.15, 0.2) is 5.12 Å². The third kappa shape index (κ3) is 6.36. The van der Waals surface area contributed by atoms with Crippen LogP contribution in [0.3, 0.4) is 0 Å². The third-order valence-electron chi connectivity index (χ3n) is 9.45. The van der Waals surface area contributed by atoms with Gasteiger partial charge in [0.05, 0.1) is 19.8 Å². The summed E-state index contributed by atoms with van der Waals surface area (Å²) < 4.78 is 11.2. The molecule has 4 rings (SSSR count). The number of rotatable bonds is 11. The van der Waals surface area contributed by atoms with Crippen LogP contribution in [-0.4, -0.2) is 80.1 Å². The number of fused-ring (bicyclic) bond motifs is 5. The number of benzene rings is 1. The minimum absolute atomic E-state index is 0.171. The van der Waals surface area contributed by atoms with Crippen molar-refractivity contribution in [2.45, 2.75) is 70.8 Å². The maximum Gasteiger partial charge on any atom is 0.236 e. The zero-order valence-electron chi connectivity index (χ0n) is 23.5. The van der Waals surface area contributed by atoms with E-state index in [0.29, 0.717) is 43.6 Å². The van der Waals surface area contributed by atoms with Crippen molar-refractivity contribution in [3.8, 4) is 5.75 Å². The Morgan fingerprint density at radius 2 is 1.95 bits per heavy atom. The molecule has 206 valence electrons. The second-order valence-corrected chi connectivity index (χ2v) is 13.0. The van der Waals surface area contributed by atoms with E-state index in [0.717, 1.165) is 37.3 Å². The largest absolute Gasteiger partial charge is 0.494 e. The highest BCUT2D eigenvalue weighted by molar-refractivity contribution is 8.13. The van der Waals surface area contributed by atoms with Crippen molar-refractivity contribution in [1.29, 1.82) is 0 Å². The molecule has 2 fully saturated rings. The van der Waals surface area contributed by atoms with Crippen molar-refractivity contribution in [3.63, 3.8) is 0 Å². The van der Waals surface area contributed by atoms with Gasteiger partial charge in [-0.15, -0.1) is 0 Å². The van der Waals surface area contributed by atoms with Crippen LogP contribution in [0.1, 0.15) is 69.4 Å². The van der Waals surface area contributed by atoms with E-state index in [2.05, 4.69) is 34.9 Å². The monoisotopic (exact) mass is 530 g/mol. The number of methoxy groups -OCH3 is 1. The van der Waals surface area contributed by atoms with Crippen molar-refractivity contribution in [3.05, 3.63) is 29.3 Å². The summed E-state index contributed by atoms with van der Waals surface area (Å²) >= 11 is 1.37. The summed E-state index contributed by atoms with van der Waals surface area (Å²) in [6.07, 6.45) is 7.98. The summed E-state index contributed by atoms with van der Waals surface area (Å²) in [7, 11) is 5.74. The van der Waals surface area contributed by atoms with Crippen molar-refractivity contribution >= 4 is 22.8 Å². The summed E-state index contributed by atoms with van der Waals surface area (Å²) in [5, 5.41) is 0.171. The number of carbonyl (C=O) groups is 2. The van der Waals surface area contributed by atoms with Gasteiger partial charge in [0, 0.05) is 39.4 Å². The molecule has 7 heteroatoms. The van der Waals surface area contributed by atoms with Crippen molar-refractivity contribution in [2.24, 2.45) is 17.3 Å². The lowest BCUT2D eigenvalue weighted by Gasteiger charge is -2.52. The number of likely N-dealkylation sites (N-methyl/N-ethyl adjacent to an activating group) is 2. The SMILES string of the molecule is COCCN(C)CC(=O)N(C)[C@H]1CCC2C3CCc4cc(OCCCSC(C)=O)ccc4C3CC[C@@]21C. The van der Waals surface area contributed by atoms with Gasteiger partial charge < -0.3 is 14.4 Å². The fourth-order valence-corrected chi connectivity index (χ4v) is 8.11. The molecule has 1 aromatic carbocycles. The summed E-state index contributed by atoms with van der Waals surface area (Å²) in [5.41, 5.74) is 3.20. The minimum Gasteiger partial charge on any atom is -0.494 e. The first kappa shape index (κ1) is 28.4. The van der Waals surface area contributed by atoms with Gasteiger partial charge in [-0.05, 0) is 98.4 Å². The van der Waals surface area contributed by atoms with Crippen LogP contribution in [0.2, 0.25) is 0 Å². The van der Waals surface area contributed by atoms with E-state index in [4.69, 9.17) is 9.47 Å². The zero-order chi connectivity index (χ0) is 26.6. The number of thioether (sulfide) groups is 1. The predicted molar refractivity (Wildman–Crippen MR) is 150 cm³/mol. The molecule has 3 aliphatic rings. The average molecular weight is 531 g/mol. The number of nitrogens with zero attached hydrogens (tertiary/aromatic N) is 2. The van der Waals surface area contributed by atoms with Crippen LogP contribution in [0, 0.1) is 17.3 Å². The van der Waals surface area contributed by atoms with Crippen LogP contribution in [-0.2, 0) is 20.7 Å². The Labute approximate surface area is 227 Å². The van der Waals surface area contributed by atoms with Gasteiger partial charge in [-0.2, -0.15) is 0 Å². The highest BCUT2D eigenvalue weighted by atomic mass is 32.2. The second-order valence-electron chi connectivity index (χ2n) is 11.7. The Hall–Kier alpha value is -1.57. The predicted octanol–water partition coefficient (Wildman–Crippen LogP) is 5.00. The van der Waals surface area contributed by atoms with Gasteiger partial charge in [-0.25, -0.2) is 0 Å². The average Bonchev–Trinajstić information content (AvgIpc) is 3.23. The Bertz CT molecular complexity index is 956. The van der Waals surface area contributed by atoms with Crippen LogP contribution in [0.25, 0.3) is 0 Å². The van der Waals surface area contributed by atoms with E-state index in [1.807, 2.05) is 14.1 Å². The number of ether oxygens (including phenoxy) is 2. The minimum atomic E-state index is 0.171. The molecule has 3 unspecified atom stereocenters. The first-order valence-electron chi connectivity index (χ1n) is 14.1. The smallest absolute Gasteiger partial charge is 0.236 e. The van der Waals surface area contributed by atoms with E-state index < -0.39 is 0 Å². The molecule has 0 N–H and O–H groups in total. The Balaban J connectivity index is 1.37. The van der Waals surface area contributed by atoms with Gasteiger partial charge in [-0.3, -0.25) is 14.5 Å². The molecule has 0 aliphatic heterocycles. The molecule has 0 spiro atoms. The summed E-state index contributed by atoms with van der Waals surface area (Å²) in [6, 6.07) is 7.07. The van der Waals surface area contributed by atoms with Gasteiger partial charge in [0.25, 0.3) is 0 Å². The van der Waals surface area contributed by atoms with Crippen molar-refractivity contribution in [2.75, 3.05) is 53.3 Å². The molecule has 5 atom stereocenters. The lowest BCUT2D eigenvalue weighted by molar-refractivity contribution is -0.136. The molecule has 37 heavy (non-hydrogen) atoms. The fraction of sp³-hybridized carbons (Fsp3) is 0.733. The molecule has 0 saturated heterocycles. The molecule has 0 heterocycles. The molecule has 6 nitrogen and oxygen atoms in total. The lowest BCUT2D eigenvalue weighted by atomic mass is 9.55. The lowest BCUT2D eigenvalue weighted by Crippen LogP contribution is -2.52. The first-order chi connectivity index (χ1) is 17.7. The topological polar surface area (TPSA) is 59.1 Å². The van der Waals surface area contributed by atoms with E-state index in [9.17, 15) is 9.59 Å². The quantitative estimate of drug-likeness (QED) is 0.376. The number of hydrogen-bond acceptors (Lipinski definition) is 6. The highest BCUT2D eigenvalue weighted by Crippen LogP contribution is 2.61. The highest BCUT2D eigenvalue weighted by Gasteiger charge is 2.56. The molecule has 0 radical (unpaired) electrons. The van der Waals surface area contributed by atoms with Gasteiger partial charge in [-0.1, -0.05) is 24.8 Å². The van der Waals surface area contributed by atoms with Crippen LogP contribution >= 0.6 is 11.8 Å². The zero-order valence-corrected chi connectivity index (χ0v) is 24.3. The van der Waals surface area contributed by atoms with Gasteiger partial charge in [0.1, 0.15) is 5.75 Å². The van der Waals surface area contributed by atoms with Crippen molar-refractivity contribution < 1.29 is 19.1 Å². The number of hydrogen-bond donors (Lipinski definition) is 0. The van der Waals surface area contributed by atoms with Crippen LogP contribution in [0.4, 0.5) is 0 Å². The summed E-state index contributed by atoms with van der Waals surface area (Å²) in [6.45, 7) is 6.62. The molecule has 0 aromatic heterocycles. The number of aryl methyl sites for hydroxylation is 1. The fourth-order valence-electron chi connectivity index (χ4n) is 7.56.